The van der Waals surface area contributed by atoms with Crippen LogP contribution >= 0.6 is 0 Å². The highest BCUT2D eigenvalue weighted by atomic mass is 15.1. The molecule has 0 N–H and O–H groups in total. The summed E-state index contributed by atoms with van der Waals surface area (Å²) in [5.41, 5.74) is 10.5. The van der Waals surface area contributed by atoms with E-state index in [1.807, 2.05) is 30.5 Å². The molecule has 0 atom stereocenters. The van der Waals surface area contributed by atoms with Crippen molar-refractivity contribution in [3.63, 3.8) is 0 Å². The summed E-state index contributed by atoms with van der Waals surface area (Å²) >= 11 is 0. The average Bonchev–Trinajstić information content (AvgIpc) is 3.59. The van der Waals surface area contributed by atoms with Crippen LogP contribution in [0.25, 0.3) is 66.2 Å². The molecule has 5 aromatic carbocycles. The molecule has 0 amide bonds. The maximum Gasteiger partial charge on any atom is 0.138 e. The van der Waals surface area contributed by atoms with Crippen molar-refractivity contribution in [2.24, 2.45) is 0 Å². The number of pyridine rings is 1. The van der Waals surface area contributed by atoms with E-state index in [2.05, 4.69) is 148 Å². The van der Waals surface area contributed by atoms with Gasteiger partial charge < -0.3 is 4.57 Å². The molecule has 0 fully saturated rings. The Hall–Kier alpha value is -5.66. The van der Waals surface area contributed by atoms with E-state index < -0.39 is 0 Å². The van der Waals surface area contributed by atoms with E-state index in [0.717, 1.165) is 44.7 Å². The zero-order chi connectivity index (χ0) is 33.4. The van der Waals surface area contributed by atoms with Crippen LogP contribution in [0.2, 0.25) is 0 Å². The first kappa shape index (κ1) is 29.7. The van der Waals surface area contributed by atoms with Gasteiger partial charge in [-0.05, 0) is 70.5 Å². The van der Waals surface area contributed by atoms with Gasteiger partial charge in [-0.3, -0.25) is 4.57 Å². The normalized spacial score (nSPS) is 12.4. The summed E-state index contributed by atoms with van der Waals surface area (Å²) < 4.78 is 4.58. The van der Waals surface area contributed by atoms with E-state index in [1.54, 1.807) is 0 Å². The first-order valence-electron chi connectivity index (χ1n) is 16.6. The van der Waals surface area contributed by atoms with Crippen LogP contribution in [-0.4, -0.2) is 14.1 Å². The van der Waals surface area contributed by atoms with E-state index in [9.17, 15) is 5.26 Å². The van der Waals surface area contributed by atoms with Crippen molar-refractivity contribution in [3.05, 3.63) is 138 Å². The van der Waals surface area contributed by atoms with Crippen molar-refractivity contribution in [2.75, 3.05) is 0 Å². The van der Waals surface area contributed by atoms with E-state index in [0.29, 0.717) is 5.56 Å². The van der Waals surface area contributed by atoms with Gasteiger partial charge in [-0.25, -0.2) is 4.98 Å². The van der Waals surface area contributed by atoms with Crippen LogP contribution in [0.3, 0.4) is 0 Å². The number of nitriles is 1. The molecule has 0 unspecified atom stereocenters. The Balaban J connectivity index is 1.46. The Morgan fingerprint density at radius 3 is 1.60 bits per heavy atom. The van der Waals surface area contributed by atoms with Gasteiger partial charge in [0.1, 0.15) is 5.82 Å². The zero-order valence-electron chi connectivity index (χ0n) is 28.3. The molecule has 0 aliphatic carbocycles. The van der Waals surface area contributed by atoms with Gasteiger partial charge in [0.25, 0.3) is 0 Å². The SMILES string of the molecule is CC(C)(C)c1ccc2c(c1)c1ccccc1n2-c1cc(-c2ccccc2C#N)c(-n2c3ccccc3c3cc(C(C)(C)C)ccc32)cn1. The van der Waals surface area contributed by atoms with Crippen LogP contribution in [-0.2, 0) is 10.8 Å². The maximum atomic E-state index is 10.3. The molecule has 8 rings (SSSR count). The van der Waals surface area contributed by atoms with Crippen LogP contribution in [0.1, 0.15) is 58.2 Å². The monoisotopic (exact) mass is 622 g/mol. The number of hydrogen-bond acceptors (Lipinski definition) is 2. The minimum Gasteiger partial charge on any atom is -0.307 e. The third-order valence-corrected chi connectivity index (χ3v) is 9.75. The minimum absolute atomic E-state index is 0.0213. The van der Waals surface area contributed by atoms with Gasteiger partial charge in [-0.2, -0.15) is 5.26 Å². The minimum atomic E-state index is 0.0213. The standard InChI is InChI=1S/C44H38N4/c1-43(2,3)29-19-21-39-34(23-29)32-15-9-11-17-37(32)47(39)41-27-46-42(25-36(41)31-14-8-7-13-28(31)26-45)48-38-18-12-10-16-33(38)35-24-30(44(4,5)6)20-22-40(35)48/h7-25,27H,1-6H3. The molecule has 0 bridgehead atoms. The van der Waals surface area contributed by atoms with Crippen molar-refractivity contribution in [1.82, 2.24) is 14.1 Å². The van der Waals surface area contributed by atoms with Gasteiger partial charge >= 0.3 is 0 Å². The van der Waals surface area contributed by atoms with Gasteiger partial charge in [0, 0.05) is 32.7 Å². The molecule has 234 valence electrons. The maximum absolute atomic E-state index is 10.3. The third kappa shape index (κ3) is 4.61. The van der Waals surface area contributed by atoms with Gasteiger partial charge in [-0.15, -0.1) is 0 Å². The smallest absolute Gasteiger partial charge is 0.138 e. The highest BCUT2D eigenvalue weighted by Gasteiger charge is 2.23. The molecule has 3 heterocycles. The molecule has 0 saturated heterocycles. The largest absolute Gasteiger partial charge is 0.307 e. The van der Waals surface area contributed by atoms with Crippen molar-refractivity contribution < 1.29 is 0 Å². The molecule has 4 heteroatoms. The predicted octanol–water partition coefficient (Wildman–Crippen LogP) is 11.4. The summed E-state index contributed by atoms with van der Waals surface area (Å²) in [6, 6.07) is 43.3. The fourth-order valence-electron chi connectivity index (χ4n) is 7.15. The lowest BCUT2D eigenvalue weighted by Crippen LogP contribution is -2.10. The second kappa shape index (κ2) is 10.7. The lowest BCUT2D eigenvalue weighted by atomic mass is 9.86. The Morgan fingerprint density at radius 1 is 0.521 bits per heavy atom. The van der Waals surface area contributed by atoms with E-state index >= 15 is 0 Å². The van der Waals surface area contributed by atoms with Crippen molar-refractivity contribution in [2.45, 2.75) is 52.4 Å². The summed E-state index contributed by atoms with van der Waals surface area (Å²) in [6.45, 7) is 13.5. The molecule has 0 radical (unpaired) electrons. The zero-order valence-corrected chi connectivity index (χ0v) is 28.3. The lowest BCUT2D eigenvalue weighted by Gasteiger charge is -2.20. The van der Waals surface area contributed by atoms with Crippen LogP contribution in [0.15, 0.2) is 121 Å². The molecule has 0 aliphatic heterocycles. The molecule has 48 heavy (non-hydrogen) atoms. The fourth-order valence-corrected chi connectivity index (χ4v) is 7.15. The number of nitrogens with zero attached hydrogens (tertiary/aromatic N) is 4. The Bertz CT molecular complexity index is 2590. The average molecular weight is 623 g/mol. The fraction of sp³-hybridized carbons (Fsp3) is 0.182. The topological polar surface area (TPSA) is 46.5 Å². The van der Waals surface area contributed by atoms with Crippen molar-refractivity contribution in [1.29, 1.82) is 5.26 Å². The summed E-state index contributed by atoms with van der Waals surface area (Å²) in [4.78, 5) is 5.22. The summed E-state index contributed by atoms with van der Waals surface area (Å²) in [5.74, 6) is 0.812. The second-order valence-corrected chi connectivity index (χ2v) is 14.9. The molecule has 0 saturated carbocycles. The van der Waals surface area contributed by atoms with E-state index in [1.165, 1.54) is 32.7 Å². The summed E-state index contributed by atoms with van der Waals surface area (Å²) in [6.07, 6.45) is 1.99. The Labute approximate surface area is 281 Å². The van der Waals surface area contributed by atoms with Crippen LogP contribution in [0, 0.1) is 11.3 Å². The Morgan fingerprint density at radius 2 is 1.02 bits per heavy atom. The van der Waals surface area contributed by atoms with Gasteiger partial charge in [0.15, 0.2) is 0 Å². The van der Waals surface area contributed by atoms with Crippen molar-refractivity contribution in [3.8, 4) is 28.7 Å². The molecule has 4 nitrogen and oxygen atoms in total. The van der Waals surface area contributed by atoms with Crippen LogP contribution < -0.4 is 0 Å². The second-order valence-electron chi connectivity index (χ2n) is 14.9. The number of rotatable bonds is 3. The molecule has 0 spiro atoms. The quantitative estimate of drug-likeness (QED) is 0.197. The molecular formula is C44H38N4. The number of para-hydroxylation sites is 2. The summed E-state index contributed by atoms with van der Waals surface area (Å²) in [5, 5.41) is 15.1. The molecule has 0 aliphatic rings. The molecule has 3 aromatic heterocycles. The number of hydrogen-bond donors (Lipinski definition) is 0. The van der Waals surface area contributed by atoms with Gasteiger partial charge in [0.05, 0.1) is 45.6 Å². The summed E-state index contributed by atoms with van der Waals surface area (Å²) in [7, 11) is 0. The third-order valence-electron chi connectivity index (χ3n) is 9.75. The Kier molecular flexibility index (Phi) is 6.62. The number of fused-ring (bicyclic) bond motifs is 6. The number of benzene rings is 5. The van der Waals surface area contributed by atoms with Gasteiger partial charge in [-0.1, -0.05) is 108 Å². The molecular weight excluding hydrogens is 585 g/mol. The van der Waals surface area contributed by atoms with Crippen LogP contribution in [0.4, 0.5) is 0 Å². The van der Waals surface area contributed by atoms with E-state index in [-0.39, 0.29) is 10.8 Å². The first-order valence-corrected chi connectivity index (χ1v) is 16.6. The van der Waals surface area contributed by atoms with Gasteiger partial charge in [0.2, 0.25) is 0 Å². The molecule has 8 aromatic rings. The first-order chi connectivity index (χ1) is 23.0. The van der Waals surface area contributed by atoms with Crippen LogP contribution in [0.5, 0.6) is 0 Å². The highest BCUT2D eigenvalue weighted by Crippen LogP contribution is 2.41. The highest BCUT2D eigenvalue weighted by molar-refractivity contribution is 6.11. The number of aromatic nitrogens is 3. The van der Waals surface area contributed by atoms with E-state index in [4.69, 9.17) is 4.98 Å². The lowest BCUT2D eigenvalue weighted by molar-refractivity contribution is 0.591. The van der Waals surface area contributed by atoms with Crippen molar-refractivity contribution >= 4 is 43.6 Å². The predicted molar refractivity (Wildman–Crippen MR) is 200 cm³/mol.